The summed E-state index contributed by atoms with van der Waals surface area (Å²) in [6.07, 6.45) is 11.6. The average Bonchev–Trinajstić information content (AvgIpc) is 3.59. The fourth-order valence-electron chi connectivity index (χ4n) is 5.43. The third kappa shape index (κ3) is 4.96. The Hall–Kier alpha value is -3.92. The van der Waals surface area contributed by atoms with Crippen LogP contribution >= 0.6 is 0 Å². The molecule has 2 aromatic heterocycles. The summed E-state index contributed by atoms with van der Waals surface area (Å²) >= 11 is 0. The van der Waals surface area contributed by atoms with E-state index in [1.54, 1.807) is 0 Å². The standard InChI is InChI=1S/C34H34N2O2/c1-2-3-4-5-6-7-8-9-15-24-16-14-20-30-32(24)38-34(36-30)28-23-22-27(25-17-10-11-18-26(25)28)33-35-29-19-12-13-21-31(29)37-33/h10-14,16-23H,2-9,15H2,1H3. The normalized spacial score (nSPS) is 11.7. The number of aromatic nitrogens is 2. The van der Waals surface area contributed by atoms with Crippen LogP contribution in [0.15, 0.2) is 87.7 Å². The highest BCUT2D eigenvalue weighted by molar-refractivity contribution is 6.03. The van der Waals surface area contributed by atoms with Gasteiger partial charge in [-0.3, -0.25) is 0 Å². The number of nitrogens with zero attached hydrogens (tertiary/aromatic N) is 2. The highest BCUT2D eigenvalue weighted by Gasteiger charge is 2.18. The molecular weight excluding hydrogens is 468 g/mol. The van der Waals surface area contributed by atoms with E-state index in [0.29, 0.717) is 11.8 Å². The summed E-state index contributed by atoms with van der Waals surface area (Å²) in [4.78, 5) is 9.65. The highest BCUT2D eigenvalue weighted by atomic mass is 16.4. The van der Waals surface area contributed by atoms with Gasteiger partial charge >= 0.3 is 0 Å². The van der Waals surface area contributed by atoms with Crippen molar-refractivity contribution in [3.8, 4) is 22.9 Å². The molecule has 0 amide bonds. The molecule has 0 unspecified atom stereocenters. The molecule has 0 aliphatic heterocycles. The first-order valence-electron chi connectivity index (χ1n) is 14.1. The summed E-state index contributed by atoms with van der Waals surface area (Å²) in [7, 11) is 0. The largest absolute Gasteiger partial charge is 0.436 e. The smallest absolute Gasteiger partial charge is 0.227 e. The zero-order valence-corrected chi connectivity index (χ0v) is 22.1. The van der Waals surface area contributed by atoms with Crippen LogP contribution in [0.3, 0.4) is 0 Å². The summed E-state index contributed by atoms with van der Waals surface area (Å²) in [6, 6.07) is 26.7. The van der Waals surface area contributed by atoms with Crippen LogP contribution in [0, 0.1) is 0 Å². The van der Waals surface area contributed by atoms with Crippen molar-refractivity contribution in [3.05, 3.63) is 84.4 Å². The molecule has 0 N–H and O–H groups in total. The van der Waals surface area contributed by atoms with Crippen molar-refractivity contribution in [1.29, 1.82) is 0 Å². The van der Waals surface area contributed by atoms with Crippen molar-refractivity contribution in [2.24, 2.45) is 0 Å². The van der Waals surface area contributed by atoms with E-state index < -0.39 is 0 Å². The number of para-hydroxylation sites is 3. The van der Waals surface area contributed by atoms with Gasteiger partial charge in [0, 0.05) is 11.1 Å². The minimum absolute atomic E-state index is 0.624. The van der Waals surface area contributed by atoms with Gasteiger partial charge in [-0.15, -0.1) is 0 Å². The van der Waals surface area contributed by atoms with Crippen LogP contribution < -0.4 is 0 Å². The number of unbranched alkanes of at least 4 members (excludes halogenated alkanes) is 7. The van der Waals surface area contributed by atoms with E-state index in [1.165, 1.54) is 56.9 Å². The van der Waals surface area contributed by atoms with Crippen LogP contribution in [-0.4, -0.2) is 9.97 Å². The van der Waals surface area contributed by atoms with E-state index >= 15 is 0 Å². The molecule has 0 bridgehead atoms. The molecule has 0 spiro atoms. The first-order chi connectivity index (χ1) is 18.8. The van der Waals surface area contributed by atoms with Crippen molar-refractivity contribution in [3.63, 3.8) is 0 Å². The van der Waals surface area contributed by atoms with Crippen LogP contribution in [0.2, 0.25) is 0 Å². The van der Waals surface area contributed by atoms with E-state index in [9.17, 15) is 0 Å². The minimum Gasteiger partial charge on any atom is -0.436 e. The Morgan fingerprint density at radius 2 is 1.16 bits per heavy atom. The molecule has 0 saturated heterocycles. The SMILES string of the molecule is CCCCCCCCCCc1cccc2nc(-c3ccc(-c4nc5ccccc5o4)c4ccccc34)oc12. The van der Waals surface area contributed by atoms with E-state index in [-0.39, 0.29) is 0 Å². The second kappa shape index (κ2) is 11.2. The maximum absolute atomic E-state index is 6.46. The van der Waals surface area contributed by atoms with Crippen molar-refractivity contribution in [1.82, 2.24) is 9.97 Å². The Labute approximate surface area is 223 Å². The molecule has 2 heterocycles. The Morgan fingerprint density at radius 1 is 0.553 bits per heavy atom. The number of benzene rings is 4. The van der Waals surface area contributed by atoms with Gasteiger partial charge < -0.3 is 8.83 Å². The number of aryl methyl sites for hydroxylation is 1. The molecule has 4 aromatic carbocycles. The van der Waals surface area contributed by atoms with Crippen molar-refractivity contribution in [2.45, 2.75) is 64.7 Å². The Kier molecular flexibility index (Phi) is 7.21. The lowest BCUT2D eigenvalue weighted by molar-refractivity contribution is 0.573. The van der Waals surface area contributed by atoms with E-state index in [2.05, 4.69) is 55.5 Å². The topological polar surface area (TPSA) is 52.1 Å². The van der Waals surface area contributed by atoms with Crippen molar-refractivity contribution >= 4 is 33.0 Å². The quantitative estimate of drug-likeness (QED) is 0.165. The fourth-order valence-corrected chi connectivity index (χ4v) is 5.43. The predicted molar refractivity (Wildman–Crippen MR) is 156 cm³/mol. The van der Waals surface area contributed by atoms with Gasteiger partial charge in [0.1, 0.15) is 11.0 Å². The number of rotatable bonds is 11. The number of oxazole rings is 2. The molecule has 38 heavy (non-hydrogen) atoms. The highest BCUT2D eigenvalue weighted by Crippen LogP contribution is 2.37. The molecule has 4 heteroatoms. The molecule has 4 nitrogen and oxygen atoms in total. The predicted octanol–water partition coefficient (Wildman–Crippen LogP) is 10.1. The molecule has 0 saturated carbocycles. The lowest BCUT2D eigenvalue weighted by Gasteiger charge is -2.07. The Bertz CT molecular complexity index is 1640. The van der Waals surface area contributed by atoms with Crippen LogP contribution in [0.5, 0.6) is 0 Å². The molecule has 0 aliphatic carbocycles. The third-order valence-electron chi connectivity index (χ3n) is 7.47. The zero-order valence-electron chi connectivity index (χ0n) is 22.1. The number of hydrogen-bond acceptors (Lipinski definition) is 4. The fraction of sp³-hybridized carbons (Fsp3) is 0.294. The summed E-state index contributed by atoms with van der Waals surface area (Å²) in [5.74, 6) is 1.28. The lowest BCUT2D eigenvalue weighted by atomic mass is 9.99. The molecule has 6 rings (SSSR count). The van der Waals surface area contributed by atoms with Gasteiger partial charge in [0.05, 0.1) is 0 Å². The minimum atomic E-state index is 0.624. The average molecular weight is 503 g/mol. The summed E-state index contributed by atoms with van der Waals surface area (Å²) in [6.45, 7) is 2.27. The third-order valence-corrected chi connectivity index (χ3v) is 7.47. The van der Waals surface area contributed by atoms with Crippen LogP contribution in [0.4, 0.5) is 0 Å². The van der Waals surface area contributed by atoms with Gasteiger partial charge in [0.2, 0.25) is 11.8 Å². The van der Waals surface area contributed by atoms with Crippen molar-refractivity contribution in [2.75, 3.05) is 0 Å². The van der Waals surface area contributed by atoms with Crippen LogP contribution in [0.25, 0.3) is 55.9 Å². The summed E-state index contributed by atoms with van der Waals surface area (Å²) in [5, 5.41) is 2.14. The first-order valence-corrected chi connectivity index (χ1v) is 14.1. The zero-order chi connectivity index (χ0) is 25.7. The van der Waals surface area contributed by atoms with Gasteiger partial charge in [-0.05, 0) is 59.5 Å². The lowest BCUT2D eigenvalue weighted by Crippen LogP contribution is -1.87. The summed E-state index contributed by atoms with van der Waals surface area (Å²) in [5.41, 5.74) is 6.68. The Morgan fingerprint density at radius 3 is 1.89 bits per heavy atom. The van der Waals surface area contributed by atoms with Gasteiger partial charge in [-0.1, -0.05) is 100 Å². The van der Waals surface area contributed by atoms with Gasteiger partial charge in [0.25, 0.3) is 0 Å². The van der Waals surface area contributed by atoms with Gasteiger partial charge in [0.15, 0.2) is 11.2 Å². The number of fused-ring (bicyclic) bond motifs is 3. The first kappa shape index (κ1) is 24.4. The second-order valence-electron chi connectivity index (χ2n) is 10.2. The van der Waals surface area contributed by atoms with Gasteiger partial charge in [-0.25, -0.2) is 9.97 Å². The summed E-state index contributed by atoms with van der Waals surface area (Å²) < 4.78 is 12.6. The molecular formula is C34H34N2O2. The van der Waals surface area contributed by atoms with Crippen LogP contribution in [0.1, 0.15) is 63.9 Å². The second-order valence-corrected chi connectivity index (χ2v) is 10.2. The van der Waals surface area contributed by atoms with E-state index in [0.717, 1.165) is 50.5 Å². The van der Waals surface area contributed by atoms with E-state index in [1.807, 2.05) is 30.3 Å². The molecule has 6 aromatic rings. The molecule has 0 atom stereocenters. The molecule has 0 aliphatic rings. The Balaban J connectivity index is 1.27. The molecule has 0 radical (unpaired) electrons. The molecule has 0 fully saturated rings. The number of hydrogen-bond donors (Lipinski definition) is 0. The maximum Gasteiger partial charge on any atom is 0.227 e. The maximum atomic E-state index is 6.46. The van der Waals surface area contributed by atoms with E-state index in [4.69, 9.17) is 18.8 Å². The molecule has 192 valence electrons. The van der Waals surface area contributed by atoms with Crippen LogP contribution in [-0.2, 0) is 6.42 Å². The van der Waals surface area contributed by atoms with Gasteiger partial charge in [-0.2, -0.15) is 0 Å². The monoisotopic (exact) mass is 502 g/mol. The van der Waals surface area contributed by atoms with Crippen molar-refractivity contribution < 1.29 is 8.83 Å².